The Labute approximate surface area is 117 Å². The molecule has 0 fully saturated rings. The zero-order chi connectivity index (χ0) is 12.7. The monoisotopic (exact) mass is 322 g/mol. The molecule has 0 aliphatic rings. The second-order valence-electron chi connectivity index (χ2n) is 3.93. The van der Waals surface area contributed by atoms with Crippen molar-refractivity contribution < 1.29 is 0 Å². The van der Waals surface area contributed by atoms with Crippen LogP contribution in [0.1, 0.15) is 5.56 Å². The molecule has 0 unspecified atom stereocenters. The van der Waals surface area contributed by atoms with Gasteiger partial charge >= 0.3 is 0 Å². The molecular formula is C12H8BrClN4. The normalized spacial score (nSPS) is 11.1. The maximum absolute atomic E-state index is 5.82. The summed E-state index contributed by atoms with van der Waals surface area (Å²) in [5.74, 6) is 0.745. The van der Waals surface area contributed by atoms with Crippen LogP contribution in [0.15, 0.2) is 35.1 Å². The number of hydrogen-bond acceptors (Lipinski definition) is 3. The number of benzene rings is 1. The molecule has 6 heteroatoms. The quantitative estimate of drug-likeness (QED) is 0.644. The van der Waals surface area contributed by atoms with Crippen molar-refractivity contribution in [1.82, 2.24) is 19.6 Å². The summed E-state index contributed by atoms with van der Waals surface area (Å²) >= 11 is 9.33. The molecular weight excluding hydrogens is 316 g/mol. The van der Waals surface area contributed by atoms with Gasteiger partial charge in [-0.15, -0.1) is 10.2 Å². The standard InChI is InChI=1S/C12H8BrClN4/c1-7-2-3-8(4-9(7)13)12-17-16-11-5-10(14)15-6-18(11)12/h2-6H,1H3. The summed E-state index contributed by atoms with van der Waals surface area (Å²) in [6.07, 6.45) is 1.63. The van der Waals surface area contributed by atoms with E-state index in [0.717, 1.165) is 15.9 Å². The smallest absolute Gasteiger partial charge is 0.169 e. The van der Waals surface area contributed by atoms with Crippen molar-refractivity contribution in [2.24, 2.45) is 0 Å². The van der Waals surface area contributed by atoms with Crippen molar-refractivity contribution in [3.05, 3.63) is 45.8 Å². The molecule has 0 saturated heterocycles. The van der Waals surface area contributed by atoms with Gasteiger partial charge in [-0.2, -0.15) is 0 Å². The Hall–Kier alpha value is -1.46. The van der Waals surface area contributed by atoms with Crippen molar-refractivity contribution in [3.8, 4) is 11.4 Å². The van der Waals surface area contributed by atoms with Gasteiger partial charge in [-0.05, 0) is 18.6 Å². The third-order valence-corrected chi connectivity index (χ3v) is 3.76. The van der Waals surface area contributed by atoms with Gasteiger partial charge in [0.05, 0.1) is 0 Å². The second-order valence-corrected chi connectivity index (χ2v) is 5.17. The number of halogens is 2. The van der Waals surface area contributed by atoms with Crippen LogP contribution in [0.25, 0.3) is 17.0 Å². The molecule has 0 atom stereocenters. The second kappa shape index (κ2) is 4.33. The predicted molar refractivity (Wildman–Crippen MR) is 73.7 cm³/mol. The average Bonchev–Trinajstić information content (AvgIpc) is 2.75. The Morgan fingerprint density at radius 1 is 1.22 bits per heavy atom. The fourth-order valence-electron chi connectivity index (χ4n) is 1.70. The fraction of sp³-hybridized carbons (Fsp3) is 0.0833. The molecule has 0 N–H and O–H groups in total. The van der Waals surface area contributed by atoms with E-state index in [0.29, 0.717) is 10.8 Å². The molecule has 0 aliphatic carbocycles. The molecule has 90 valence electrons. The zero-order valence-corrected chi connectivity index (χ0v) is 11.8. The van der Waals surface area contributed by atoms with Gasteiger partial charge in [0.15, 0.2) is 11.5 Å². The highest BCUT2D eigenvalue weighted by Gasteiger charge is 2.09. The van der Waals surface area contributed by atoms with Crippen LogP contribution in [0.4, 0.5) is 0 Å². The molecule has 2 aromatic heterocycles. The number of hydrogen-bond donors (Lipinski definition) is 0. The Morgan fingerprint density at radius 2 is 2.06 bits per heavy atom. The Kier molecular flexibility index (Phi) is 2.80. The highest BCUT2D eigenvalue weighted by atomic mass is 79.9. The van der Waals surface area contributed by atoms with Crippen LogP contribution in [0.3, 0.4) is 0 Å². The summed E-state index contributed by atoms with van der Waals surface area (Å²) < 4.78 is 2.85. The third-order valence-electron chi connectivity index (χ3n) is 2.70. The fourth-order valence-corrected chi connectivity index (χ4v) is 2.22. The topological polar surface area (TPSA) is 43.1 Å². The summed E-state index contributed by atoms with van der Waals surface area (Å²) in [5.41, 5.74) is 2.83. The van der Waals surface area contributed by atoms with E-state index < -0.39 is 0 Å². The van der Waals surface area contributed by atoms with Crippen LogP contribution < -0.4 is 0 Å². The molecule has 4 nitrogen and oxygen atoms in total. The lowest BCUT2D eigenvalue weighted by atomic mass is 10.1. The number of rotatable bonds is 1. The van der Waals surface area contributed by atoms with Crippen molar-refractivity contribution >= 4 is 33.2 Å². The lowest BCUT2D eigenvalue weighted by Gasteiger charge is -2.02. The van der Waals surface area contributed by atoms with Crippen molar-refractivity contribution in [3.63, 3.8) is 0 Å². The molecule has 3 rings (SSSR count). The summed E-state index contributed by atoms with van der Waals surface area (Å²) in [7, 11) is 0. The van der Waals surface area contributed by atoms with Crippen LogP contribution in [-0.4, -0.2) is 19.6 Å². The van der Waals surface area contributed by atoms with E-state index >= 15 is 0 Å². The van der Waals surface area contributed by atoms with Crippen LogP contribution in [0, 0.1) is 6.92 Å². The Morgan fingerprint density at radius 3 is 2.83 bits per heavy atom. The van der Waals surface area contributed by atoms with E-state index in [1.54, 1.807) is 12.4 Å². The largest absolute Gasteiger partial charge is 0.265 e. The van der Waals surface area contributed by atoms with E-state index in [1.165, 1.54) is 5.56 Å². The maximum Gasteiger partial charge on any atom is 0.169 e. The summed E-state index contributed by atoms with van der Waals surface area (Å²) in [6.45, 7) is 2.04. The first-order chi connectivity index (χ1) is 8.65. The number of aromatic nitrogens is 4. The number of aryl methyl sites for hydroxylation is 1. The molecule has 0 radical (unpaired) electrons. The van der Waals surface area contributed by atoms with Crippen molar-refractivity contribution in [2.75, 3.05) is 0 Å². The highest BCUT2D eigenvalue weighted by molar-refractivity contribution is 9.10. The van der Waals surface area contributed by atoms with Gasteiger partial charge in [0, 0.05) is 16.1 Å². The number of nitrogens with zero attached hydrogens (tertiary/aromatic N) is 4. The molecule has 0 amide bonds. The number of fused-ring (bicyclic) bond motifs is 1. The first-order valence-corrected chi connectivity index (χ1v) is 6.45. The lowest BCUT2D eigenvalue weighted by Crippen LogP contribution is -1.91. The minimum atomic E-state index is 0.409. The van der Waals surface area contributed by atoms with Gasteiger partial charge in [0.25, 0.3) is 0 Å². The molecule has 2 heterocycles. The van der Waals surface area contributed by atoms with Gasteiger partial charge < -0.3 is 0 Å². The third kappa shape index (κ3) is 1.89. The van der Waals surface area contributed by atoms with Crippen molar-refractivity contribution in [1.29, 1.82) is 0 Å². The van der Waals surface area contributed by atoms with Gasteiger partial charge in [-0.25, -0.2) is 4.98 Å². The summed E-state index contributed by atoms with van der Waals surface area (Å²) in [5, 5.41) is 8.66. The summed E-state index contributed by atoms with van der Waals surface area (Å²) in [6, 6.07) is 7.73. The molecule has 0 bridgehead atoms. The van der Waals surface area contributed by atoms with Gasteiger partial charge in [-0.1, -0.05) is 39.7 Å². The van der Waals surface area contributed by atoms with E-state index in [9.17, 15) is 0 Å². The molecule has 18 heavy (non-hydrogen) atoms. The lowest BCUT2D eigenvalue weighted by molar-refractivity contribution is 1.08. The first kappa shape index (κ1) is 11.6. The molecule has 3 aromatic rings. The minimum absolute atomic E-state index is 0.409. The Bertz CT molecular complexity index is 738. The Balaban J connectivity index is 2.22. The zero-order valence-electron chi connectivity index (χ0n) is 9.43. The van der Waals surface area contributed by atoms with Crippen molar-refractivity contribution in [2.45, 2.75) is 6.92 Å². The van der Waals surface area contributed by atoms with E-state index in [2.05, 4.69) is 31.1 Å². The molecule has 1 aromatic carbocycles. The predicted octanol–water partition coefficient (Wildman–Crippen LogP) is 3.52. The van der Waals surface area contributed by atoms with Crippen LogP contribution in [0.5, 0.6) is 0 Å². The van der Waals surface area contributed by atoms with Gasteiger partial charge in [0.2, 0.25) is 0 Å². The molecule has 0 spiro atoms. The van der Waals surface area contributed by atoms with Crippen LogP contribution >= 0.6 is 27.5 Å². The van der Waals surface area contributed by atoms with Crippen LogP contribution in [-0.2, 0) is 0 Å². The minimum Gasteiger partial charge on any atom is -0.265 e. The van der Waals surface area contributed by atoms with E-state index in [1.807, 2.05) is 29.5 Å². The maximum atomic E-state index is 5.82. The molecule has 0 saturated carbocycles. The van der Waals surface area contributed by atoms with Gasteiger partial charge in [-0.3, -0.25) is 4.40 Å². The van der Waals surface area contributed by atoms with Gasteiger partial charge in [0.1, 0.15) is 11.5 Å². The van der Waals surface area contributed by atoms with Crippen LogP contribution in [0.2, 0.25) is 5.15 Å². The SMILES string of the molecule is Cc1ccc(-c2nnc3cc(Cl)ncn23)cc1Br. The first-order valence-electron chi connectivity index (χ1n) is 5.28. The molecule has 0 aliphatic heterocycles. The highest BCUT2D eigenvalue weighted by Crippen LogP contribution is 2.25. The van der Waals surface area contributed by atoms with E-state index in [4.69, 9.17) is 11.6 Å². The summed E-state index contributed by atoms with van der Waals surface area (Å²) in [4.78, 5) is 4.04. The average molecular weight is 324 g/mol. The van der Waals surface area contributed by atoms with E-state index in [-0.39, 0.29) is 0 Å².